The monoisotopic (exact) mass is 413 g/mol. The molecular formula is C20H29Cl2N3O2. The lowest BCUT2D eigenvalue weighted by atomic mass is 9.78. The lowest BCUT2D eigenvalue weighted by Gasteiger charge is -2.40. The lowest BCUT2D eigenvalue weighted by Crippen LogP contribution is -2.50. The minimum Gasteiger partial charge on any atom is -0.342 e. The van der Waals surface area contributed by atoms with Crippen LogP contribution in [0.4, 0.5) is 5.69 Å². The van der Waals surface area contributed by atoms with E-state index in [2.05, 4.69) is 5.32 Å². The molecule has 27 heavy (non-hydrogen) atoms. The molecule has 0 bridgehead atoms. The number of anilines is 1. The Kier molecular flexibility index (Phi) is 7.17. The number of hydrogen-bond donors (Lipinski definition) is 2. The molecule has 2 aliphatic heterocycles. The van der Waals surface area contributed by atoms with Gasteiger partial charge in [0, 0.05) is 30.3 Å². The van der Waals surface area contributed by atoms with Gasteiger partial charge in [-0.05, 0) is 49.3 Å². The number of nitrogens with zero attached hydrogens (tertiary/aromatic N) is 1. The number of benzene rings is 1. The van der Waals surface area contributed by atoms with Gasteiger partial charge in [0.05, 0.1) is 11.3 Å². The summed E-state index contributed by atoms with van der Waals surface area (Å²) >= 11 is 6.04. The topological polar surface area (TPSA) is 75.4 Å². The number of halogens is 2. The average Bonchev–Trinajstić information content (AvgIpc) is 2.98. The van der Waals surface area contributed by atoms with Crippen molar-refractivity contribution in [3.63, 3.8) is 0 Å². The van der Waals surface area contributed by atoms with E-state index in [1.54, 1.807) is 0 Å². The molecule has 1 unspecified atom stereocenters. The zero-order valence-electron chi connectivity index (χ0n) is 16.0. The summed E-state index contributed by atoms with van der Waals surface area (Å²) in [5, 5.41) is 3.58. The highest BCUT2D eigenvalue weighted by Crippen LogP contribution is 2.42. The van der Waals surface area contributed by atoms with Crippen LogP contribution in [-0.2, 0) is 9.59 Å². The van der Waals surface area contributed by atoms with Crippen molar-refractivity contribution < 1.29 is 9.59 Å². The highest BCUT2D eigenvalue weighted by atomic mass is 35.5. The molecule has 3 N–H and O–H groups in total. The molecule has 7 heteroatoms. The van der Waals surface area contributed by atoms with Crippen molar-refractivity contribution >= 4 is 41.5 Å². The van der Waals surface area contributed by atoms with E-state index in [0.717, 1.165) is 36.9 Å². The second-order valence-corrected chi connectivity index (χ2v) is 7.96. The Morgan fingerprint density at radius 2 is 1.93 bits per heavy atom. The minimum atomic E-state index is -0.444. The number of hydrogen-bond acceptors (Lipinski definition) is 3. The molecule has 0 saturated carbocycles. The second-order valence-electron chi connectivity index (χ2n) is 7.52. The molecule has 0 spiro atoms. The first-order valence-corrected chi connectivity index (χ1v) is 9.93. The zero-order chi connectivity index (χ0) is 18.9. The van der Waals surface area contributed by atoms with Gasteiger partial charge in [-0.2, -0.15) is 0 Å². The van der Waals surface area contributed by atoms with Crippen molar-refractivity contribution in [1.29, 1.82) is 0 Å². The van der Waals surface area contributed by atoms with Gasteiger partial charge in [-0.25, -0.2) is 0 Å². The normalized spacial score (nSPS) is 20.1. The van der Waals surface area contributed by atoms with E-state index in [4.69, 9.17) is 17.3 Å². The summed E-state index contributed by atoms with van der Waals surface area (Å²) in [5.41, 5.74) is 7.35. The van der Waals surface area contributed by atoms with E-state index in [1.165, 1.54) is 0 Å². The Hall–Kier alpha value is -1.30. The fourth-order valence-electron chi connectivity index (χ4n) is 4.43. The van der Waals surface area contributed by atoms with Crippen molar-refractivity contribution in [3.05, 3.63) is 28.8 Å². The predicted molar refractivity (Wildman–Crippen MR) is 111 cm³/mol. The van der Waals surface area contributed by atoms with Crippen LogP contribution >= 0.6 is 24.0 Å². The van der Waals surface area contributed by atoms with Gasteiger partial charge in [0.15, 0.2) is 0 Å². The molecule has 1 aromatic carbocycles. The SMILES string of the molecule is CCC(CC)(CN)C(=O)N1CCC(C2C(=O)Nc3cc(Cl)ccc32)CC1.Cl. The van der Waals surface area contributed by atoms with Crippen LogP contribution in [0.2, 0.25) is 5.02 Å². The van der Waals surface area contributed by atoms with Crippen LogP contribution in [0.15, 0.2) is 18.2 Å². The van der Waals surface area contributed by atoms with E-state index in [-0.39, 0.29) is 36.1 Å². The Bertz CT molecular complexity index is 690. The van der Waals surface area contributed by atoms with Crippen LogP contribution in [0.1, 0.15) is 51.0 Å². The van der Waals surface area contributed by atoms with Gasteiger partial charge in [0.2, 0.25) is 11.8 Å². The van der Waals surface area contributed by atoms with Gasteiger partial charge in [-0.15, -0.1) is 12.4 Å². The first kappa shape index (κ1) is 22.0. The molecule has 2 amide bonds. The van der Waals surface area contributed by atoms with Crippen molar-refractivity contribution in [2.45, 2.75) is 45.4 Å². The third-order valence-corrected chi connectivity index (χ3v) is 6.62. The number of amides is 2. The third-order valence-electron chi connectivity index (χ3n) is 6.39. The largest absolute Gasteiger partial charge is 0.342 e. The van der Waals surface area contributed by atoms with Gasteiger partial charge < -0.3 is 16.0 Å². The Labute approximate surface area is 172 Å². The van der Waals surface area contributed by atoms with Crippen LogP contribution in [0.25, 0.3) is 0 Å². The van der Waals surface area contributed by atoms with E-state index in [0.29, 0.717) is 24.7 Å². The average molecular weight is 414 g/mol. The van der Waals surface area contributed by atoms with E-state index >= 15 is 0 Å². The van der Waals surface area contributed by atoms with Crippen molar-refractivity contribution in [3.8, 4) is 0 Å². The third kappa shape index (κ3) is 3.96. The molecule has 2 aliphatic rings. The van der Waals surface area contributed by atoms with Crippen LogP contribution in [0.3, 0.4) is 0 Å². The zero-order valence-corrected chi connectivity index (χ0v) is 17.5. The number of likely N-dealkylation sites (tertiary alicyclic amines) is 1. The maximum atomic E-state index is 13.0. The Balaban J connectivity index is 0.00000261. The smallest absolute Gasteiger partial charge is 0.232 e. The van der Waals surface area contributed by atoms with E-state index in [1.807, 2.05) is 36.9 Å². The maximum Gasteiger partial charge on any atom is 0.232 e. The van der Waals surface area contributed by atoms with Gasteiger partial charge in [0.1, 0.15) is 0 Å². The van der Waals surface area contributed by atoms with E-state index < -0.39 is 5.41 Å². The fourth-order valence-corrected chi connectivity index (χ4v) is 4.60. The summed E-state index contributed by atoms with van der Waals surface area (Å²) in [5.74, 6) is 0.324. The molecule has 3 rings (SSSR count). The van der Waals surface area contributed by atoms with Crippen LogP contribution in [-0.4, -0.2) is 36.3 Å². The molecule has 0 aromatic heterocycles. The Morgan fingerprint density at radius 3 is 2.48 bits per heavy atom. The first-order valence-electron chi connectivity index (χ1n) is 9.55. The van der Waals surface area contributed by atoms with Gasteiger partial charge in [0.25, 0.3) is 0 Å². The first-order chi connectivity index (χ1) is 12.5. The second kappa shape index (κ2) is 8.80. The van der Waals surface area contributed by atoms with Crippen LogP contribution in [0, 0.1) is 11.3 Å². The fraction of sp³-hybridized carbons (Fsp3) is 0.600. The summed E-state index contributed by atoms with van der Waals surface area (Å²) in [6, 6.07) is 5.60. The number of nitrogens with two attached hydrogens (primary N) is 1. The van der Waals surface area contributed by atoms with Crippen molar-refractivity contribution in [1.82, 2.24) is 4.90 Å². The molecule has 2 heterocycles. The van der Waals surface area contributed by atoms with Gasteiger partial charge in [-0.1, -0.05) is 31.5 Å². The summed E-state index contributed by atoms with van der Waals surface area (Å²) in [4.78, 5) is 27.4. The van der Waals surface area contributed by atoms with Gasteiger partial charge >= 0.3 is 0 Å². The molecule has 1 fully saturated rings. The highest BCUT2D eigenvalue weighted by Gasteiger charge is 2.42. The summed E-state index contributed by atoms with van der Waals surface area (Å²) in [7, 11) is 0. The molecular weight excluding hydrogens is 385 g/mol. The quantitative estimate of drug-likeness (QED) is 0.770. The van der Waals surface area contributed by atoms with Crippen molar-refractivity contribution in [2.24, 2.45) is 17.1 Å². The van der Waals surface area contributed by atoms with Gasteiger partial charge in [-0.3, -0.25) is 9.59 Å². The molecule has 0 radical (unpaired) electrons. The molecule has 5 nitrogen and oxygen atoms in total. The lowest BCUT2D eigenvalue weighted by molar-refractivity contribution is -0.143. The summed E-state index contributed by atoms with van der Waals surface area (Å²) in [6.45, 7) is 5.84. The number of nitrogens with one attached hydrogen (secondary N) is 1. The number of carbonyl (C=O) groups is 2. The number of fused-ring (bicyclic) bond motifs is 1. The summed E-state index contributed by atoms with van der Waals surface area (Å²) in [6.07, 6.45) is 3.19. The minimum absolute atomic E-state index is 0. The molecule has 1 saturated heterocycles. The number of carbonyl (C=O) groups excluding carboxylic acids is 2. The molecule has 150 valence electrons. The van der Waals surface area contributed by atoms with E-state index in [9.17, 15) is 9.59 Å². The Morgan fingerprint density at radius 1 is 1.30 bits per heavy atom. The molecule has 1 aromatic rings. The highest BCUT2D eigenvalue weighted by molar-refractivity contribution is 6.31. The number of rotatable bonds is 5. The molecule has 1 atom stereocenters. The molecule has 0 aliphatic carbocycles. The van der Waals surface area contributed by atoms with Crippen molar-refractivity contribution in [2.75, 3.05) is 25.0 Å². The number of piperidine rings is 1. The predicted octanol–water partition coefficient (Wildman–Crippen LogP) is 3.80. The maximum absolute atomic E-state index is 13.0. The van der Waals surface area contributed by atoms with Crippen LogP contribution < -0.4 is 11.1 Å². The van der Waals surface area contributed by atoms with Crippen LogP contribution in [0.5, 0.6) is 0 Å². The standard InChI is InChI=1S/C20H28ClN3O2.ClH/c1-3-20(4-2,12-22)19(26)24-9-7-13(8-10-24)17-15-6-5-14(21)11-16(15)23-18(17)25;/h5-6,11,13,17H,3-4,7-10,12,22H2,1-2H3,(H,23,25);1H. The summed E-state index contributed by atoms with van der Waals surface area (Å²) < 4.78 is 0.